The second-order valence-electron chi connectivity index (χ2n) is 1.75. The van der Waals surface area contributed by atoms with Crippen LogP contribution in [0.15, 0.2) is 6.07 Å². The van der Waals surface area contributed by atoms with Crippen LogP contribution in [0.25, 0.3) is 0 Å². The minimum Gasteiger partial charge on any atom is -0.314 e. The van der Waals surface area contributed by atoms with Crippen LogP contribution in [0.5, 0.6) is 0 Å². The van der Waals surface area contributed by atoms with Crippen molar-refractivity contribution in [1.82, 2.24) is 15.5 Å². The summed E-state index contributed by atoms with van der Waals surface area (Å²) in [6, 6.07) is 1.79. The topological polar surface area (TPSA) is 40.7 Å². The molecule has 0 aliphatic rings. The average Bonchev–Trinajstić information content (AvgIpc) is 2.17. The van der Waals surface area contributed by atoms with Crippen LogP contribution in [0, 0.1) is 0 Å². The van der Waals surface area contributed by atoms with Gasteiger partial charge in [-0.25, -0.2) is 0 Å². The summed E-state index contributed by atoms with van der Waals surface area (Å²) in [5.74, 6) is 0. The molecule has 0 fully saturated rings. The van der Waals surface area contributed by atoms with Crippen LogP contribution in [0.2, 0.25) is 5.15 Å². The molecule has 2 N–H and O–H groups in total. The highest BCUT2D eigenvalue weighted by Crippen LogP contribution is 2.03. The van der Waals surface area contributed by atoms with E-state index < -0.39 is 0 Å². The number of aromatic amines is 1. The second kappa shape index (κ2) is 4.55. The van der Waals surface area contributed by atoms with Gasteiger partial charge in [0.05, 0.1) is 5.69 Å². The Kier molecular flexibility index (Phi) is 4.43. The largest absolute Gasteiger partial charge is 0.314 e. The monoisotopic (exact) mass is 181 g/mol. The molecule has 0 saturated carbocycles. The Morgan fingerprint density at radius 1 is 1.80 bits per heavy atom. The molecule has 0 aliphatic heterocycles. The first-order valence-corrected chi connectivity index (χ1v) is 3.05. The summed E-state index contributed by atoms with van der Waals surface area (Å²) in [5, 5.41) is 9.98. The van der Waals surface area contributed by atoms with Gasteiger partial charge in [-0.15, -0.1) is 12.4 Å². The van der Waals surface area contributed by atoms with E-state index in [0.29, 0.717) is 5.15 Å². The zero-order valence-electron chi connectivity index (χ0n) is 5.52. The normalized spacial score (nSPS) is 9.00. The predicted octanol–water partition coefficient (Wildman–Crippen LogP) is 1.20. The van der Waals surface area contributed by atoms with Crippen LogP contribution in [0.3, 0.4) is 0 Å². The average molecular weight is 182 g/mol. The summed E-state index contributed by atoms with van der Waals surface area (Å²) >= 11 is 5.53. The number of rotatable bonds is 2. The highest BCUT2D eigenvalue weighted by Gasteiger charge is 1.93. The number of halogens is 2. The van der Waals surface area contributed by atoms with Gasteiger partial charge >= 0.3 is 0 Å². The fourth-order valence-electron chi connectivity index (χ4n) is 0.615. The van der Waals surface area contributed by atoms with Crippen LogP contribution in [0.1, 0.15) is 5.69 Å². The maximum Gasteiger partial charge on any atom is 0.151 e. The lowest BCUT2D eigenvalue weighted by molar-refractivity contribution is 0.784. The lowest BCUT2D eigenvalue weighted by Crippen LogP contribution is -2.04. The van der Waals surface area contributed by atoms with E-state index in [-0.39, 0.29) is 12.4 Å². The minimum absolute atomic E-state index is 0. The van der Waals surface area contributed by atoms with Crippen LogP contribution >= 0.6 is 24.0 Å². The Morgan fingerprint density at radius 3 is 2.90 bits per heavy atom. The van der Waals surface area contributed by atoms with Crippen molar-refractivity contribution in [2.45, 2.75) is 6.54 Å². The highest BCUT2D eigenvalue weighted by molar-refractivity contribution is 6.29. The lowest BCUT2D eigenvalue weighted by Gasteiger charge is -1.89. The summed E-state index contributed by atoms with van der Waals surface area (Å²) < 4.78 is 0. The van der Waals surface area contributed by atoms with Gasteiger partial charge in [0.1, 0.15) is 0 Å². The van der Waals surface area contributed by atoms with Crippen molar-refractivity contribution >= 4 is 24.0 Å². The molecule has 10 heavy (non-hydrogen) atoms. The lowest BCUT2D eigenvalue weighted by atomic mass is 10.4. The number of hydrogen-bond donors (Lipinski definition) is 2. The van der Waals surface area contributed by atoms with Crippen molar-refractivity contribution in [3.63, 3.8) is 0 Å². The summed E-state index contributed by atoms with van der Waals surface area (Å²) in [6.07, 6.45) is 0. The molecule has 0 amide bonds. The van der Waals surface area contributed by atoms with Crippen molar-refractivity contribution in [1.29, 1.82) is 0 Å². The van der Waals surface area contributed by atoms with Crippen LogP contribution < -0.4 is 5.32 Å². The molecule has 1 aromatic rings. The number of nitrogens with zero attached hydrogens (tertiary/aromatic N) is 1. The third kappa shape index (κ3) is 2.56. The molecular weight excluding hydrogens is 173 g/mol. The van der Waals surface area contributed by atoms with E-state index in [2.05, 4.69) is 15.5 Å². The van der Waals surface area contributed by atoms with Gasteiger partial charge in [0.15, 0.2) is 5.15 Å². The smallest absolute Gasteiger partial charge is 0.151 e. The summed E-state index contributed by atoms with van der Waals surface area (Å²) in [7, 11) is 1.87. The Bertz CT molecular complexity index is 187. The van der Waals surface area contributed by atoms with Crippen molar-refractivity contribution in [3.05, 3.63) is 16.9 Å². The van der Waals surface area contributed by atoms with Gasteiger partial charge in [-0.05, 0) is 13.1 Å². The molecule has 1 rings (SSSR count). The van der Waals surface area contributed by atoms with Crippen LogP contribution in [-0.4, -0.2) is 17.2 Å². The number of hydrogen-bond acceptors (Lipinski definition) is 2. The molecule has 0 spiro atoms. The molecular formula is C5H9Cl2N3. The van der Waals surface area contributed by atoms with E-state index in [0.717, 1.165) is 12.2 Å². The SMILES string of the molecule is CNCc1cc(Cl)n[nH]1.Cl. The molecule has 3 nitrogen and oxygen atoms in total. The number of aromatic nitrogens is 2. The third-order valence-corrected chi connectivity index (χ3v) is 1.16. The second-order valence-corrected chi connectivity index (χ2v) is 2.13. The predicted molar refractivity (Wildman–Crippen MR) is 43.6 cm³/mol. The maximum atomic E-state index is 5.53. The summed E-state index contributed by atoms with van der Waals surface area (Å²) in [4.78, 5) is 0. The third-order valence-electron chi connectivity index (χ3n) is 0.967. The molecule has 1 aromatic heterocycles. The number of nitrogens with one attached hydrogen (secondary N) is 2. The Balaban J connectivity index is 0.000000810. The quantitative estimate of drug-likeness (QED) is 0.721. The molecule has 0 aromatic carbocycles. The molecule has 0 unspecified atom stereocenters. The Hall–Kier alpha value is -0.250. The van der Waals surface area contributed by atoms with Crippen molar-refractivity contribution in [2.24, 2.45) is 0 Å². The molecule has 0 radical (unpaired) electrons. The van der Waals surface area contributed by atoms with Gasteiger partial charge in [-0.3, -0.25) is 5.10 Å². The van der Waals surface area contributed by atoms with Crippen molar-refractivity contribution < 1.29 is 0 Å². The van der Waals surface area contributed by atoms with Gasteiger partial charge in [0.25, 0.3) is 0 Å². The van der Waals surface area contributed by atoms with Crippen molar-refractivity contribution in [3.8, 4) is 0 Å². The maximum absolute atomic E-state index is 5.53. The standard InChI is InChI=1S/C5H8ClN3.ClH/c1-7-3-4-2-5(6)9-8-4;/h2,7H,3H2,1H3,(H,8,9);1H. The zero-order valence-corrected chi connectivity index (χ0v) is 7.09. The zero-order chi connectivity index (χ0) is 6.69. The van der Waals surface area contributed by atoms with E-state index in [1.807, 2.05) is 7.05 Å². The van der Waals surface area contributed by atoms with Gasteiger partial charge in [0, 0.05) is 6.54 Å². The first kappa shape index (κ1) is 9.75. The van der Waals surface area contributed by atoms with E-state index in [4.69, 9.17) is 11.6 Å². The molecule has 0 saturated heterocycles. The first-order chi connectivity index (χ1) is 4.33. The molecule has 58 valence electrons. The van der Waals surface area contributed by atoms with Gasteiger partial charge in [-0.2, -0.15) is 5.10 Å². The van der Waals surface area contributed by atoms with Gasteiger partial charge in [0.2, 0.25) is 0 Å². The molecule has 1 heterocycles. The van der Waals surface area contributed by atoms with E-state index in [9.17, 15) is 0 Å². The van der Waals surface area contributed by atoms with Crippen LogP contribution in [-0.2, 0) is 6.54 Å². The number of H-pyrrole nitrogens is 1. The summed E-state index contributed by atoms with van der Waals surface area (Å²) in [5.41, 5.74) is 1.00. The fourth-order valence-corrected chi connectivity index (χ4v) is 0.789. The Labute approximate surface area is 70.6 Å². The minimum atomic E-state index is 0. The van der Waals surface area contributed by atoms with Crippen LogP contribution in [0.4, 0.5) is 0 Å². The molecule has 0 atom stereocenters. The van der Waals surface area contributed by atoms with E-state index in [1.54, 1.807) is 6.07 Å². The fraction of sp³-hybridized carbons (Fsp3) is 0.400. The molecule has 0 bridgehead atoms. The van der Waals surface area contributed by atoms with E-state index >= 15 is 0 Å². The van der Waals surface area contributed by atoms with Crippen molar-refractivity contribution in [2.75, 3.05) is 7.05 Å². The van der Waals surface area contributed by atoms with E-state index in [1.165, 1.54) is 0 Å². The molecule has 5 heteroatoms. The highest BCUT2D eigenvalue weighted by atomic mass is 35.5. The Morgan fingerprint density at radius 2 is 2.50 bits per heavy atom. The summed E-state index contributed by atoms with van der Waals surface area (Å²) in [6.45, 7) is 0.778. The van der Waals surface area contributed by atoms with Gasteiger partial charge in [-0.1, -0.05) is 11.6 Å². The molecule has 0 aliphatic carbocycles. The first-order valence-electron chi connectivity index (χ1n) is 2.67. The van der Waals surface area contributed by atoms with Gasteiger partial charge < -0.3 is 5.32 Å².